The van der Waals surface area contributed by atoms with Gasteiger partial charge in [0.05, 0.1) is 4.92 Å². The van der Waals surface area contributed by atoms with Gasteiger partial charge in [0, 0.05) is 16.5 Å². The minimum atomic E-state index is -0.323. The van der Waals surface area contributed by atoms with Crippen molar-refractivity contribution < 1.29 is 4.92 Å². The highest BCUT2D eigenvalue weighted by molar-refractivity contribution is 9.08. The summed E-state index contributed by atoms with van der Waals surface area (Å²) in [5, 5.41) is 11.4. The van der Waals surface area contributed by atoms with E-state index in [1.54, 1.807) is 19.9 Å². The molecule has 1 rings (SSSR count). The van der Waals surface area contributed by atoms with E-state index in [-0.39, 0.29) is 10.6 Å². The van der Waals surface area contributed by atoms with Gasteiger partial charge in [0.25, 0.3) is 5.69 Å². The molecular weight excluding hydrogens is 234 g/mol. The van der Waals surface area contributed by atoms with Crippen LogP contribution in [-0.4, -0.2) is 4.92 Å². The normalized spacial score (nSPS) is 10.1. The van der Waals surface area contributed by atoms with Crippen molar-refractivity contribution in [2.75, 3.05) is 0 Å². The molecule has 3 nitrogen and oxygen atoms in total. The van der Waals surface area contributed by atoms with Gasteiger partial charge in [0.1, 0.15) is 0 Å². The quantitative estimate of drug-likeness (QED) is 0.455. The molecule has 0 aliphatic rings. The van der Waals surface area contributed by atoms with Crippen molar-refractivity contribution in [3.8, 4) is 0 Å². The lowest BCUT2D eigenvalue weighted by molar-refractivity contribution is -0.386. The molecule has 0 amide bonds. The minimum absolute atomic E-state index is 0.233. The largest absolute Gasteiger partial charge is 0.275 e. The maximum absolute atomic E-state index is 10.7. The molecule has 0 spiro atoms. The third-order valence-corrected chi connectivity index (χ3v) is 2.68. The molecule has 0 heterocycles. The SMILES string of the molecule is Cc1ccc(CBr)c(C)c1[N+](=O)[O-]. The average Bonchev–Trinajstić information content (AvgIpc) is 2.04. The highest BCUT2D eigenvalue weighted by Crippen LogP contribution is 2.26. The van der Waals surface area contributed by atoms with Crippen LogP contribution in [0.5, 0.6) is 0 Å². The van der Waals surface area contributed by atoms with Crippen LogP contribution in [0, 0.1) is 24.0 Å². The standard InChI is InChI=1S/C9H10BrNO2/c1-6-3-4-8(5-10)7(2)9(6)11(12)13/h3-4H,5H2,1-2H3. The number of nitro groups is 1. The van der Waals surface area contributed by atoms with E-state index in [0.717, 1.165) is 11.1 Å². The Morgan fingerprint density at radius 2 is 2.08 bits per heavy atom. The summed E-state index contributed by atoms with van der Waals surface area (Å²) in [6.07, 6.45) is 0. The molecule has 13 heavy (non-hydrogen) atoms. The number of nitro benzene ring substituents is 1. The zero-order valence-electron chi connectivity index (χ0n) is 7.50. The topological polar surface area (TPSA) is 43.1 Å². The summed E-state index contributed by atoms with van der Waals surface area (Å²) in [7, 11) is 0. The maximum atomic E-state index is 10.7. The summed E-state index contributed by atoms with van der Waals surface area (Å²) in [6.45, 7) is 3.53. The first-order valence-corrected chi connectivity index (χ1v) is 4.99. The number of benzene rings is 1. The summed E-state index contributed by atoms with van der Waals surface area (Å²) in [5.74, 6) is 0. The zero-order valence-corrected chi connectivity index (χ0v) is 9.09. The monoisotopic (exact) mass is 243 g/mol. The van der Waals surface area contributed by atoms with Gasteiger partial charge in [-0.05, 0) is 19.4 Å². The molecule has 0 bridgehead atoms. The Hall–Kier alpha value is -0.900. The lowest BCUT2D eigenvalue weighted by Crippen LogP contribution is -1.97. The molecule has 0 aliphatic carbocycles. The Bertz CT molecular complexity index is 350. The van der Waals surface area contributed by atoms with Gasteiger partial charge in [-0.3, -0.25) is 10.1 Å². The summed E-state index contributed by atoms with van der Waals surface area (Å²) in [6, 6.07) is 3.69. The molecule has 0 aliphatic heterocycles. The van der Waals surface area contributed by atoms with Crippen molar-refractivity contribution in [1.29, 1.82) is 0 Å². The number of alkyl halides is 1. The van der Waals surface area contributed by atoms with E-state index in [2.05, 4.69) is 15.9 Å². The van der Waals surface area contributed by atoms with Crippen LogP contribution in [0.1, 0.15) is 16.7 Å². The minimum Gasteiger partial charge on any atom is -0.258 e. The van der Waals surface area contributed by atoms with Crippen molar-refractivity contribution in [2.24, 2.45) is 0 Å². The van der Waals surface area contributed by atoms with Gasteiger partial charge in [-0.25, -0.2) is 0 Å². The number of halogens is 1. The second-order valence-corrected chi connectivity index (χ2v) is 3.47. The number of aryl methyl sites for hydroxylation is 1. The molecule has 0 N–H and O–H groups in total. The predicted octanol–water partition coefficient (Wildman–Crippen LogP) is 3.11. The Morgan fingerprint density at radius 3 is 2.54 bits per heavy atom. The molecule has 4 heteroatoms. The van der Waals surface area contributed by atoms with E-state index in [1.165, 1.54) is 0 Å². The van der Waals surface area contributed by atoms with Crippen LogP contribution < -0.4 is 0 Å². The Morgan fingerprint density at radius 1 is 1.46 bits per heavy atom. The van der Waals surface area contributed by atoms with E-state index < -0.39 is 0 Å². The van der Waals surface area contributed by atoms with Gasteiger partial charge in [0.2, 0.25) is 0 Å². The van der Waals surface area contributed by atoms with E-state index in [9.17, 15) is 10.1 Å². The van der Waals surface area contributed by atoms with Gasteiger partial charge in [0.15, 0.2) is 0 Å². The molecule has 0 fully saturated rings. The second-order valence-electron chi connectivity index (χ2n) is 2.91. The predicted molar refractivity (Wildman–Crippen MR) is 55.2 cm³/mol. The van der Waals surface area contributed by atoms with E-state index in [0.29, 0.717) is 10.9 Å². The fourth-order valence-electron chi connectivity index (χ4n) is 1.30. The van der Waals surface area contributed by atoms with Crippen molar-refractivity contribution in [3.05, 3.63) is 38.9 Å². The number of hydrogen-bond acceptors (Lipinski definition) is 2. The molecule has 0 saturated carbocycles. The molecule has 0 atom stereocenters. The smallest absolute Gasteiger partial charge is 0.258 e. The lowest BCUT2D eigenvalue weighted by Gasteiger charge is -2.04. The highest BCUT2D eigenvalue weighted by Gasteiger charge is 2.16. The summed E-state index contributed by atoms with van der Waals surface area (Å²) in [5.41, 5.74) is 2.67. The zero-order chi connectivity index (χ0) is 10.0. The van der Waals surface area contributed by atoms with Crippen LogP contribution in [-0.2, 0) is 5.33 Å². The van der Waals surface area contributed by atoms with Gasteiger partial charge >= 0.3 is 0 Å². The Labute approximate surface area is 85.0 Å². The third-order valence-electron chi connectivity index (χ3n) is 2.07. The fourth-order valence-corrected chi connectivity index (χ4v) is 1.91. The second kappa shape index (κ2) is 3.87. The third kappa shape index (κ3) is 1.88. The van der Waals surface area contributed by atoms with Gasteiger partial charge in [-0.15, -0.1) is 0 Å². The number of hydrogen-bond donors (Lipinski definition) is 0. The molecule has 0 unspecified atom stereocenters. The first-order valence-electron chi connectivity index (χ1n) is 3.87. The highest BCUT2D eigenvalue weighted by atomic mass is 79.9. The molecule has 0 saturated heterocycles. The van der Waals surface area contributed by atoms with Crippen LogP contribution >= 0.6 is 15.9 Å². The van der Waals surface area contributed by atoms with Gasteiger partial charge in [-0.2, -0.15) is 0 Å². The van der Waals surface area contributed by atoms with Crippen molar-refractivity contribution >= 4 is 21.6 Å². The van der Waals surface area contributed by atoms with Crippen molar-refractivity contribution in [1.82, 2.24) is 0 Å². The summed E-state index contributed by atoms with van der Waals surface area (Å²) < 4.78 is 0. The van der Waals surface area contributed by atoms with E-state index in [1.807, 2.05) is 6.07 Å². The molecular formula is C9H10BrNO2. The number of rotatable bonds is 2. The first-order chi connectivity index (χ1) is 6.07. The first kappa shape index (κ1) is 10.2. The molecule has 1 aromatic rings. The Kier molecular flexibility index (Phi) is 3.03. The van der Waals surface area contributed by atoms with E-state index >= 15 is 0 Å². The number of nitrogens with zero attached hydrogens (tertiary/aromatic N) is 1. The summed E-state index contributed by atoms with van der Waals surface area (Å²) in [4.78, 5) is 10.4. The Balaban J connectivity index is 3.38. The van der Waals surface area contributed by atoms with Gasteiger partial charge < -0.3 is 0 Å². The fraction of sp³-hybridized carbons (Fsp3) is 0.333. The molecule has 70 valence electrons. The van der Waals surface area contributed by atoms with Crippen LogP contribution in [0.4, 0.5) is 5.69 Å². The maximum Gasteiger partial charge on any atom is 0.275 e. The van der Waals surface area contributed by atoms with Crippen LogP contribution in [0.3, 0.4) is 0 Å². The van der Waals surface area contributed by atoms with Crippen LogP contribution in [0.2, 0.25) is 0 Å². The van der Waals surface area contributed by atoms with E-state index in [4.69, 9.17) is 0 Å². The van der Waals surface area contributed by atoms with Gasteiger partial charge in [-0.1, -0.05) is 28.1 Å². The van der Waals surface area contributed by atoms with Crippen LogP contribution in [0.15, 0.2) is 12.1 Å². The van der Waals surface area contributed by atoms with Crippen molar-refractivity contribution in [2.45, 2.75) is 19.2 Å². The molecule has 0 aromatic heterocycles. The van der Waals surface area contributed by atoms with Crippen LogP contribution in [0.25, 0.3) is 0 Å². The lowest BCUT2D eigenvalue weighted by atomic mass is 10.0. The molecule has 1 aromatic carbocycles. The molecule has 0 radical (unpaired) electrons. The van der Waals surface area contributed by atoms with Crippen molar-refractivity contribution in [3.63, 3.8) is 0 Å². The summed E-state index contributed by atoms with van der Waals surface area (Å²) >= 11 is 3.29. The average molecular weight is 244 g/mol.